The van der Waals surface area contributed by atoms with Crippen molar-refractivity contribution in [1.82, 2.24) is 10.2 Å². The van der Waals surface area contributed by atoms with Crippen LogP contribution >= 0.6 is 0 Å². The lowest BCUT2D eigenvalue weighted by atomic mass is 10.1. The molecule has 0 bridgehead atoms. The quantitative estimate of drug-likeness (QED) is 0.114. The Morgan fingerprint density at radius 1 is 1.19 bits per heavy atom. The second kappa shape index (κ2) is 10.8. The van der Waals surface area contributed by atoms with Crippen LogP contribution < -0.4 is 26.4 Å². The zero-order chi connectivity index (χ0) is 23.9. The van der Waals surface area contributed by atoms with E-state index in [2.05, 4.69) is 4.99 Å². The van der Waals surface area contributed by atoms with Crippen LogP contribution in [0.4, 0.5) is 8.78 Å². The normalized spacial score (nSPS) is 12.1. The van der Waals surface area contributed by atoms with Crippen LogP contribution in [-0.2, 0) is 14.8 Å². The first-order chi connectivity index (χ1) is 15.0. The van der Waals surface area contributed by atoms with Gasteiger partial charge in [0.1, 0.15) is 11.8 Å². The first-order valence-corrected chi connectivity index (χ1v) is 10.8. The number of nitrogens with two attached hydrogens (primary N) is 2. The van der Waals surface area contributed by atoms with Crippen molar-refractivity contribution in [3.8, 4) is 11.5 Å². The van der Waals surface area contributed by atoms with Crippen LogP contribution in [0.15, 0.2) is 46.3 Å². The lowest BCUT2D eigenvalue weighted by Crippen LogP contribution is -2.45. The number of nitrogens with one attached hydrogen (secondary N) is 2. The Kier molecular flexibility index (Phi) is 8.46. The van der Waals surface area contributed by atoms with Crippen LogP contribution in [-0.4, -0.2) is 38.1 Å². The Balaban J connectivity index is 2.22. The smallest absolute Gasteiger partial charge is 0.261 e. The van der Waals surface area contributed by atoms with Gasteiger partial charge in [-0.3, -0.25) is 15.0 Å². The Morgan fingerprint density at radius 3 is 2.31 bits per heavy atom. The molecular weight excluding hydrogens is 448 g/mol. The van der Waals surface area contributed by atoms with Gasteiger partial charge in [0.25, 0.3) is 5.91 Å². The number of nitrogens with zero attached hydrogens (tertiary/aromatic N) is 1. The number of hydrogen-bond donors (Lipinski definition) is 5. The highest BCUT2D eigenvalue weighted by molar-refractivity contribution is 7.89. The summed E-state index contributed by atoms with van der Waals surface area (Å²) in [6.45, 7) is 1.91. The maximum absolute atomic E-state index is 14.5. The Labute approximate surface area is 183 Å². The molecule has 0 aliphatic rings. The molecule has 0 aliphatic carbocycles. The van der Waals surface area contributed by atoms with Crippen molar-refractivity contribution in [1.29, 1.82) is 0 Å². The molecule has 0 spiro atoms. The average molecular weight is 471 g/mol. The molecule has 10 nitrogen and oxygen atoms in total. The lowest BCUT2D eigenvalue weighted by molar-refractivity contribution is -0.131. The fraction of sp³-hybridized carbons (Fsp3) is 0.263. The van der Waals surface area contributed by atoms with Gasteiger partial charge in [0.05, 0.1) is 4.90 Å². The van der Waals surface area contributed by atoms with Gasteiger partial charge in [-0.15, -0.1) is 0 Å². The number of aryl methyl sites for hydroxylation is 1. The number of halogens is 2. The third kappa shape index (κ3) is 6.87. The van der Waals surface area contributed by atoms with Crippen molar-refractivity contribution in [3.05, 3.63) is 53.6 Å². The zero-order valence-corrected chi connectivity index (χ0v) is 17.8. The molecule has 0 saturated carbocycles. The van der Waals surface area contributed by atoms with E-state index in [4.69, 9.17) is 21.4 Å². The third-order valence-electron chi connectivity index (χ3n) is 4.19. The van der Waals surface area contributed by atoms with Crippen LogP contribution in [0.5, 0.6) is 11.5 Å². The molecule has 2 aromatic rings. The number of sulfonamides is 1. The minimum absolute atomic E-state index is 0.0908. The van der Waals surface area contributed by atoms with Crippen molar-refractivity contribution < 1.29 is 31.9 Å². The van der Waals surface area contributed by atoms with Crippen molar-refractivity contribution in [2.45, 2.75) is 30.7 Å². The summed E-state index contributed by atoms with van der Waals surface area (Å²) in [5.74, 6) is -4.41. The van der Waals surface area contributed by atoms with Crippen molar-refractivity contribution in [2.24, 2.45) is 16.5 Å². The van der Waals surface area contributed by atoms with E-state index in [1.54, 1.807) is 12.1 Å². The van der Waals surface area contributed by atoms with E-state index in [1.807, 2.05) is 11.6 Å². The number of carbonyl (C=O) groups is 1. The largest absolute Gasteiger partial charge is 0.451 e. The molecule has 0 aromatic heterocycles. The van der Waals surface area contributed by atoms with Gasteiger partial charge < -0.3 is 16.2 Å². The fourth-order valence-electron chi connectivity index (χ4n) is 2.59. The Bertz CT molecular complexity index is 1070. The summed E-state index contributed by atoms with van der Waals surface area (Å²) >= 11 is 0. The summed E-state index contributed by atoms with van der Waals surface area (Å²) < 4.78 is 61.3. The highest BCUT2D eigenvalue weighted by atomic mass is 32.2. The summed E-state index contributed by atoms with van der Waals surface area (Å²) in [5.41, 5.74) is 12.6. The second-order valence-electron chi connectivity index (χ2n) is 6.73. The van der Waals surface area contributed by atoms with Gasteiger partial charge in [0.2, 0.25) is 10.0 Å². The number of ether oxygens (including phenoxy) is 1. The summed E-state index contributed by atoms with van der Waals surface area (Å²) in [4.78, 5) is 14.7. The van der Waals surface area contributed by atoms with Gasteiger partial charge >= 0.3 is 0 Å². The predicted molar refractivity (Wildman–Crippen MR) is 112 cm³/mol. The maximum atomic E-state index is 14.5. The van der Waals surface area contributed by atoms with Gasteiger partial charge in [0, 0.05) is 6.54 Å². The van der Waals surface area contributed by atoms with Crippen LogP contribution in [0.25, 0.3) is 0 Å². The number of hydrogen-bond acceptors (Lipinski definition) is 6. The van der Waals surface area contributed by atoms with E-state index in [0.29, 0.717) is 12.1 Å². The van der Waals surface area contributed by atoms with E-state index in [1.165, 1.54) is 17.6 Å². The van der Waals surface area contributed by atoms with Gasteiger partial charge in [0.15, 0.2) is 23.3 Å². The van der Waals surface area contributed by atoms with E-state index in [-0.39, 0.29) is 31.1 Å². The Hall–Kier alpha value is -3.29. The Morgan fingerprint density at radius 2 is 1.78 bits per heavy atom. The van der Waals surface area contributed by atoms with Crippen LogP contribution in [0.2, 0.25) is 0 Å². The van der Waals surface area contributed by atoms with Crippen LogP contribution in [0, 0.1) is 18.6 Å². The molecule has 0 aliphatic heterocycles. The molecule has 174 valence electrons. The number of carbonyl (C=O) groups excluding carboxylic acids is 1. The first kappa shape index (κ1) is 25.0. The highest BCUT2D eigenvalue weighted by Gasteiger charge is 2.27. The van der Waals surface area contributed by atoms with E-state index in [9.17, 15) is 22.0 Å². The van der Waals surface area contributed by atoms with Crippen molar-refractivity contribution >= 4 is 21.9 Å². The molecule has 1 amide bonds. The minimum Gasteiger partial charge on any atom is -0.451 e. The molecular formula is C19H23F2N5O5S. The number of hydroxylamine groups is 1. The molecule has 13 heteroatoms. The van der Waals surface area contributed by atoms with E-state index >= 15 is 0 Å². The molecule has 0 unspecified atom stereocenters. The van der Waals surface area contributed by atoms with Gasteiger partial charge in [-0.25, -0.2) is 22.7 Å². The zero-order valence-electron chi connectivity index (χ0n) is 17.0. The molecule has 7 N–H and O–H groups in total. The van der Waals surface area contributed by atoms with Gasteiger partial charge in [-0.2, -0.15) is 4.72 Å². The lowest BCUT2D eigenvalue weighted by Gasteiger charge is -2.17. The molecule has 0 radical (unpaired) electrons. The minimum atomic E-state index is -4.55. The molecule has 0 heterocycles. The maximum Gasteiger partial charge on any atom is 0.261 e. The number of rotatable bonds is 10. The molecule has 2 aromatic carbocycles. The molecule has 0 fully saturated rings. The van der Waals surface area contributed by atoms with Crippen LogP contribution in [0.3, 0.4) is 0 Å². The molecule has 1 atom stereocenters. The number of aliphatic imine (C=N–C) groups is 1. The number of guanidine groups is 1. The topological polar surface area (TPSA) is 169 Å². The fourth-order valence-corrected chi connectivity index (χ4v) is 3.85. The van der Waals surface area contributed by atoms with E-state index in [0.717, 1.165) is 5.56 Å². The first-order valence-electron chi connectivity index (χ1n) is 9.28. The molecule has 2 rings (SSSR count). The molecule has 32 heavy (non-hydrogen) atoms. The average Bonchev–Trinajstić information content (AvgIpc) is 2.73. The SMILES string of the molecule is Cc1ccc(Oc2c(F)cc(S(=O)(=O)N[C@H](CCCN=C(N)N)C(=O)NO)cc2F)cc1. The van der Waals surface area contributed by atoms with Crippen molar-refractivity contribution in [3.63, 3.8) is 0 Å². The number of benzene rings is 2. The third-order valence-corrected chi connectivity index (χ3v) is 5.64. The van der Waals surface area contributed by atoms with Gasteiger partial charge in [-0.1, -0.05) is 17.7 Å². The predicted octanol–water partition coefficient (Wildman–Crippen LogP) is 1.27. The summed E-state index contributed by atoms with van der Waals surface area (Å²) in [6, 6.07) is 6.02. The second-order valence-corrected chi connectivity index (χ2v) is 8.44. The summed E-state index contributed by atoms with van der Waals surface area (Å²) in [7, 11) is -4.55. The standard InChI is InChI=1S/C19H23F2N5O5S/c1-11-4-6-12(7-5-11)31-17-14(20)9-13(10-15(17)21)32(29,30)26-16(18(27)25-28)3-2-8-24-19(22)23/h4-7,9-10,16,26,28H,2-3,8H2,1H3,(H,25,27)(H4,22,23,24)/t16-/m1/s1. The monoisotopic (exact) mass is 471 g/mol. The van der Waals surface area contributed by atoms with Crippen LogP contribution in [0.1, 0.15) is 18.4 Å². The van der Waals surface area contributed by atoms with Gasteiger partial charge in [-0.05, 0) is 44.0 Å². The summed E-state index contributed by atoms with van der Waals surface area (Å²) in [6.07, 6.45) is 0.0620. The van der Waals surface area contributed by atoms with Crippen molar-refractivity contribution in [2.75, 3.05) is 6.54 Å². The summed E-state index contributed by atoms with van der Waals surface area (Å²) in [5, 5.41) is 8.86. The number of amides is 1. The molecule has 0 saturated heterocycles. The van der Waals surface area contributed by atoms with E-state index < -0.39 is 44.3 Å². The highest BCUT2D eigenvalue weighted by Crippen LogP contribution is 2.30.